The molecule has 0 saturated carbocycles. The molecule has 2 aromatic heterocycles. The van der Waals surface area contributed by atoms with Crippen LogP contribution in [0.4, 0.5) is 4.39 Å². The van der Waals surface area contributed by atoms with Crippen LogP contribution in [0.5, 0.6) is 0 Å². The van der Waals surface area contributed by atoms with E-state index in [1.165, 1.54) is 11.1 Å². The highest BCUT2D eigenvalue weighted by Crippen LogP contribution is 2.28. The molecular weight excluding hydrogens is 315 g/mol. The van der Waals surface area contributed by atoms with Gasteiger partial charge in [0.2, 0.25) is 0 Å². The minimum absolute atomic E-state index is 0.0204. The second-order valence-electron chi connectivity index (χ2n) is 3.90. The summed E-state index contributed by atoms with van der Waals surface area (Å²) in [5.74, 6) is -0.254. The van der Waals surface area contributed by atoms with Gasteiger partial charge in [-0.05, 0) is 40.0 Å². The Labute approximate surface area is 118 Å². The molecule has 0 saturated heterocycles. The van der Waals surface area contributed by atoms with Crippen LogP contribution >= 0.6 is 27.3 Å². The fourth-order valence-corrected chi connectivity index (χ4v) is 3.42. The molecule has 0 aliphatic carbocycles. The second-order valence-corrected chi connectivity index (χ2v) is 5.76. The highest BCUT2D eigenvalue weighted by molar-refractivity contribution is 9.10. The molecular formula is C13H14BrFN2S. The van der Waals surface area contributed by atoms with Crippen LogP contribution in [0.15, 0.2) is 34.4 Å². The molecule has 2 heterocycles. The largest absolute Gasteiger partial charge is 0.310 e. The molecule has 2 rings (SSSR count). The average molecular weight is 329 g/mol. The minimum Gasteiger partial charge on any atom is -0.310 e. The van der Waals surface area contributed by atoms with Crippen molar-refractivity contribution in [3.05, 3.63) is 50.6 Å². The van der Waals surface area contributed by atoms with E-state index in [1.807, 2.05) is 18.4 Å². The molecule has 2 nitrogen and oxygen atoms in total. The Morgan fingerprint density at radius 1 is 1.50 bits per heavy atom. The maximum atomic E-state index is 13.8. The van der Waals surface area contributed by atoms with Crippen LogP contribution in [0.25, 0.3) is 0 Å². The van der Waals surface area contributed by atoms with Crippen molar-refractivity contribution in [1.29, 1.82) is 0 Å². The number of thiophene rings is 1. The van der Waals surface area contributed by atoms with Gasteiger partial charge in [-0.1, -0.05) is 6.92 Å². The molecule has 0 radical (unpaired) electrons. The van der Waals surface area contributed by atoms with Gasteiger partial charge < -0.3 is 5.32 Å². The predicted molar refractivity (Wildman–Crippen MR) is 76.3 cm³/mol. The highest BCUT2D eigenvalue weighted by Gasteiger charge is 2.17. The Morgan fingerprint density at radius 2 is 2.33 bits per heavy atom. The van der Waals surface area contributed by atoms with Crippen molar-refractivity contribution >= 4 is 27.3 Å². The molecule has 0 amide bonds. The minimum atomic E-state index is -0.254. The van der Waals surface area contributed by atoms with Crippen LogP contribution in [-0.4, -0.2) is 11.5 Å². The molecule has 1 unspecified atom stereocenters. The van der Waals surface area contributed by atoms with Gasteiger partial charge in [0.15, 0.2) is 0 Å². The fourth-order valence-electron chi connectivity index (χ4n) is 1.86. The molecule has 2 aromatic rings. The van der Waals surface area contributed by atoms with Crippen molar-refractivity contribution in [2.24, 2.45) is 0 Å². The first kappa shape index (κ1) is 13.6. The molecule has 0 bridgehead atoms. The predicted octanol–water partition coefficient (Wildman–Crippen LogP) is 3.94. The lowest BCUT2D eigenvalue weighted by Gasteiger charge is -2.18. The number of hydrogen-bond donors (Lipinski definition) is 1. The van der Waals surface area contributed by atoms with E-state index in [-0.39, 0.29) is 11.9 Å². The highest BCUT2D eigenvalue weighted by atomic mass is 79.9. The Morgan fingerprint density at radius 3 is 2.94 bits per heavy atom. The number of nitrogens with zero attached hydrogens (tertiary/aromatic N) is 1. The van der Waals surface area contributed by atoms with Crippen molar-refractivity contribution in [2.75, 3.05) is 6.54 Å². The molecule has 1 atom stereocenters. The van der Waals surface area contributed by atoms with E-state index >= 15 is 0 Å². The number of likely N-dealkylation sites (N-methyl/N-ethyl adjacent to an activating group) is 1. The summed E-state index contributed by atoms with van der Waals surface area (Å²) in [7, 11) is 0. The molecule has 5 heteroatoms. The lowest BCUT2D eigenvalue weighted by molar-refractivity contribution is 0.509. The topological polar surface area (TPSA) is 24.9 Å². The fraction of sp³-hybridized carbons (Fsp3) is 0.308. The monoisotopic (exact) mass is 328 g/mol. The van der Waals surface area contributed by atoms with E-state index in [0.717, 1.165) is 17.4 Å². The van der Waals surface area contributed by atoms with Crippen LogP contribution in [0, 0.1) is 5.82 Å². The molecule has 18 heavy (non-hydrogen) atoms. The Bertz CT molecular complexity index is 515. The van der Waals surface area contributed by atoms with E-state index in [1.54, 1.807) is 23.6 Å². The van der Waals surface area contributed by atoms with Gasteiger partial charge in [0, 0.05) is 33.6 Å². The first-order chi connectivity index (χ1) is 8.72. The molecule has 0 aromatic carbocycles. The zero-order chi connectivity index (χ0) is 13.0. The molecule has 0 spiro atoms. The van der Waals surface area contributed by atoms with Gasteiger partial charge in [-0.3, -0.25) is 4.98 Å². The average Bonchev–Trinajstić information content (AvgIpc) is 2.75. The Balaban J connectivity index is 2.24. The standard InChI is InChI=1S/C13H14BrFN2S/c1-2-17-12(7-13-10(14)4-6-18-13)9-3-5-16-8-11(9)15/h3-6,8,12,17H,2,7H2,1H3. The van der Waals surface area contributed by atoms with Gasteiger partial charge in [-0.2, -0.15) is 0 Å². The second kappa shape index (κ2) is 6.41. The maximum Gasteiger partial charge on any atom is 0.146 e. The Hall–Kier alpha value is -0.780. The van der Waals surface area contributed by atoms with Crippen LogP contribution in [-0.2, 0) is 6.42 Å². The van der Waals surface area contributed by atoms with Gasteiger partial charge in [-0.15, -0.1) is 11.3 Å². The van der Waals surface area contributed by atoms with Crippen LogP contribution in [0.1, 0.15) is 23.4 Å². The molecule has 1 N–H and O–H groups in total. The third-order valence-electron chi connectivity index (χ3n) is 2.71. The lowest BCUT2D eigenvalue weighted by Crippen LogP contribution is -2.23. The molecule has 96 valence electrons. The van der Waals surface area contributed by atoms with Crippen molar-refractivity contribution in [2.45, 2.75) is 19.4 Å². The lowest BCUT2D eigenvalue weighted by atomic mass is 10.0. The normalized spacial score (nSPS) is 12.6. The summed E-state index contributed by atoms with van der Waals surface area (Å²) in [6, 6.07) is 3.74. The Kier molecular flexibility index (Phi) is 4.86. The van der Waals surface area contributed by atoms with E-state index in [2.05, 4.69) is 26.2 Å². The van der Waals surface area contributed by atoms with E-state index in [4.69, 9.17) is 0 Å². The van der Waals surface area contributed by atoms with Crippen LogP contribution in [0.3, 0.4) is 0 Å². The van der Waals surface area contributed by atoms with Gasteiger partial charge in [-0.25, -0.2) is 4.39 Å². The van der Waals surface area contributed by atoms with Gasteiger partial charge in [0.05, 0.1) is 6.20 Å². The number of hydrogen-bond acceptors (Lipinski definition) is 3. The third kappa shape index (κ3) is 3.16. The summed E-state index contributed by atoms with van der Waals surface area (Å²) in [5, 5.41) is 5.36. The van der Waals surface area contributed by atoms with E-state index in [0.29, 0.717) is 5.56 Å². The molecule has 0 aliphatic heterocycles. The summed E-state index contributed by atoms with van der Waals surface area (Å²) >= 11 is 5.19. The SMILES string of the molecule is CCNC(Cc1sccc1Br)c1ccncc1F. The summed E-state index contributed by atoms with van der Waals surface area (Å²) < 4.78 is 14.9. The number of rotatable bonds is 5. The van der Waals surface area contributed by atoms with Crippen molar-refractivity contribution in [1.82, 2.24) is 10.3 Å². The number of halogens is 2. The maximum absolute atomic E-state index is 13.8. The number of pyridine rings is 1. The summed E-state index contributed by atoms with van der Waals surface area (Å²) in [6.07, 6.45) is 3.67. The van der Waals surface area contributed by atoms with Gasteiger partial charge >= 0.3 is 0 Å². The third-order valence-corrected chi connectivity index (χ3v) is 4.66. The quantitative estimate of drug-likeness (QED) is 0.899. The van der Waals surface area contributed by atoms with Crippen molar-refractivity contribution in [3.63, 3.8) is 0 Å². The summed E-state index contributed by atoms with van der Waals surface area (Å²) in [6.45, 7) is 2.82. The van der Waals surface area contributed by atoms with Crippen molar-refractivity contribution in [3.8, 4) is 0 Å². The zero-order valence-corrected chi connectivity index (χ0v) is 12.4. The first-order valence-corrected chi connectivity index (χ1v) is 7.44. The molecule has 0 aliphatic rings. The number of nitrogens with one attached hydrogen (secondary N) is 1. The van der Waals surface area contributed by atoms with Crippen molar-refractivity contribution < 1.29 is 4.39 Å². The first-order valence-electron chi connectivity index (χ1n) is 5.77. The van der Waals surface area contributed by atoms with E-state index in [9.17, 15) is 4.39 Å². The van der Waals surface area contributed by atoms with Crippen LogP contribution < -0.4 is 5.32 Å². The molecule has 0 fully saturated rings. The smallest absolute Gasteiger partial charge is 0.146 e. The number of aromatic nitrogens is 1. The van der Waals surface area contributed by atoms with E-state index < -0.39 is 0 Å². The van der Waals surface area contributed by atoms with Crippen LogP contribution in [0.2, 0.25) is 0 Å². The van der Waals surface area contributed by atoms with Gasteiger partial charge in [0.25, 0.3) is 0 Å². The van der Waals surface area contributed by atoms with Gasteiger partial charge in [0.1, 0.15) is 5.82 Å². The zero-order valence-electron chi connectivity index (χ0n) is 9.99. The summed E-state index contributed by atoms with van der Waals surface area (Å²) in [4.78, 5) is 5.01. The summed E-state index contributed by atoms with van der Waals surface area (Å²) in [5.41, 5.74) is 0.673.